The Bertz CT molecular complexity index is 755. The molecule has 0 aliphatic heterocycles. The minimum atomic E-state index is -3.67. The molecule has 2 aromatic rings. The molecule has 0 fully saturated rings. The van der Waals surface area contributed by atoms with E-state index in [-0.39, 0.29) is 4.90 Å². The maximum atomic E-state index is 12.5. The van der Waals surface area contributed by atoms with Crippen LogP contribution in [0.2, 0.25) is 0 Å². The molecule has 106 valence electrons. The Kier molecular flexibility index (Phi) is 3.67. The fraction of sp³-hybridized carbons (Fsp3) is 0.214. The predicted molar refractivity (Wildman–Crippen MR) is 80.1 cm³/mol. The number of nitrogens with one attached hydrogen (secondary N) is 1. The van der Waals surface area contributed by atoms with E-state index in [2.05, 4.69) is 9.71 Å². The molecule has 0 bridgehead atoms. The number of nitrogen functional groups attached to an aromatic ring is 1. The van der Waals surface area contributed by atoms with E-state index < -0.39 is 10.0 Å². The lowest BCUT2D eigenvalue weighted by Crippen LogP contribution is -2.16. The van der Waals surface area contributed by atoms with E-state index in [4.69, 9.17) is 5.73 Å². The van der Waals surface area contributed by atoms with Crippen molar-refractivity contribution in [1.29, 1.82) is 0 Å². The summed E-state index contributed by atoms with van der Waals surface area (Å²) in [5.41, 5.74) is 8.94. The van der Waals surface area contributed by atoms with Crippen molar-refractivity contribution in [2.24, 2.45) is 0 Å². The van der Waals surface area contributed by atoms with Crippen LogP contribution in [0.1, 0.15) is 16.7 Å². The summed E-state index contributed by atoms with van der Waals surface area (Å²) in [6.07, 6.45) is 3.15. The second-order valence-electron chi connectivity index (χ2n) is 4.77. The smallest absolute Gasteiger partial charge is 0.262 e. The quantitative estimate of drug-likeness (QED) is 0.850. The Hall–Kier alpha value is -2.08. The first kappa shape index (κ1) is 14.3. The zero-order chi connectivity index (χ0) is 14.9. The SMILES string of the molecule is Cc1cc(N)c(C)c(S(=O)(=O)Nc2ccncc2C)c1. The molecule has 0 aliphatic rings. The fourth-order valence-electron chi connectivity index (χ4n) is 1.92. The van der Waals surface area contributed by atoms with Crippen LogP contribution in [-0.2, 0) is 10.0 Å². The largest absolute Gasteiger partial charge is 0.398 e. The van der Waals surface area contributed by atoms with Gasteiger partial charge in [-0.15, -0.1) is 0 Å². The molecule has 1 aromatic carbocycles. The molecule has 0 radical (unpaired) electrons. The third-order valence-electron chi connectivity index (χ3n) is 3.10. The standard InChI is InChI=1S/C14H17N3O2S/c1-9-6-12(15)11(3)14(7-9)20(18,19)17-13-4-5-16-8-10(13)2/h4-8H,15H2,1-3H3,(H,16,17). The summed E-state index contributed by atoms with van der Waals surface area (Å²) in [6, 6.07) is 5.00. The maximum Gasteiger partial charge on any atom is 0.262 e. The van der Waals surface area contributed by atoms with E-state index in [0.29, 0.717) is 16.9 Å². The van der Waals surface area contributed by atoms with Crippen LogP contribution in [0.4, 0.5) is 11.4 Å². The molecule has 1 heterocycles. The van der Waals surface area contributed by atoms with Crippen molar-refractivity contribution in [3.05, 3.63) is 47.3 Å². The van der Waals surface area contributed by atoms with Crippen molar-refractivity contribution >= 4 is 21.4 Å². The highest BCUT2D eigenvalue weighted by molar-refractivity contribution is 7.92. The van der Waals surface area contributed by atoms with E-state index in [1.807, 2.05) is 6.92 Å². The van der Waals surface area contributed by atoms with Crippen LogP contribution >= 0.6 is 0 Å². The van der Waals surface area contributed by atoms with E-state index in [1.165, 1.54) is 0 Å². The number of nitrogens with two attached hydrogens (primary N) is 1. The lowest BCUT2D eigenvalue weighted by molar-refractivity contribution is 0.600. The van der Waals surface area contributed by atoms with Gasteiger partial charge in [0.1, 0.15) is 0 Å². The molecule has 5 nitrogen and oxygen atoms in total. The molecule has 0 aliphatic carbocycles. The zero-order valence-corrected chi connectivity index (χ0v) is 12.5. The van der Waals surface area contributed by atoms with Gasteiger partial charge >= 0.3 is 0 Å². The third kappa shape index (κ3) is 2.75. The molecule has 0 saturated heterocycles. The number of hydrogen-bond acceptors (Lipinski definition) is 4. The molecule has 0 spiro atoms. The summed E-state index contributed by atoms with van der Waals surface area (Å²) in [5, 5.41) is 0. The third-order valence-corrected chi connectivity index (χ3v) is 4.59. The second kappa shape index (κ2) is 5.13. The molecule has 0 atom stereocenters. The average Bonchev–Trinajstić information content (AvgIpc) is 2.36. The number of benzene rings is 1. The van der Waals surface area contributed by atoms with Gasteiger partial charge in [0, 0.05) is 18.1 Å². The molecule has 6 heteroatoms. The number of aromatic nitrogens is 1. The van der Waals surface area contributed by atoms with Gasteiger partial charge in [0.15, 0.2) is 0 Å². The summed E-state index contributed by atoms with van der Waals surface area (Å²) in [5.74, 6) is 0. The molecule has 1 aromatic heterocycles. The number of nitrogens with zero attached hydrogens (tertiary/aromatic N) is 1. The van der Waals surface area contributed by atoms with Gasteiger partial charge in [-0.3, -0.25) is 9.71 Å². The van der Waals surface area contributed by atoms with Gasteiger partial charge in [-0.25, -0.2) is 8.42 Å². The Balaban J connectivity index is 2.49. The van der Waals surface area contributed by atoms with Crippen molar-refractivity contribution in [1.82, 2.24) is 4.98 Å². The topological polar surface area (TPSA) is 85.1 Å². The Labute approximate surface area is 118 Å². The summed E-state index contributed by atoms with van der Waals surface area (Å²) in [4.78, 5) is 4.14. The van der Waals surface area contributed by atoms with Crippen molar-refractivity contribution in [3.63, 3.8) is 0 Å². The van der Waals surface area contributed by atoms with Gasteiger partial charge in [-0.05, 0) is 55.7 Å². The van der Waals surface area contributed by atoms with Crippen LogP contribution in [0, 0.1) is 20.8 Å². The minimum absolute atomic E-state index is 0.200. The Morgan fingerprint density at radius 1 is 1.20 bits per heavy atom. The van der Waals surface area contributed by atoms with Gasteiger partial charge < -0.3 is 5.73 Å². The molecule has 2 rings (SSSR count). The molecule has 0 saturated carbocycles. The molecule has 0 unspecified atom stereocenters. The van der Waals surface area contributed by atoms with E-state index in [1.54, 1.807) is 44.4 Å². The monoisotopic (exact) mass is 291 g/mol. The predicted octanol–water partition coefficient (Wildman–Crippen LogP) is 2.39. The van der Waals surface area contributed by atoms with Crippen LogP contribution in [0.25, 0.3) is 0 Å². The number of pyridine rings is 1. The Morgan fingerprint density at radius 2 is 1.90 bits per heavy atom. The molecule has 3 N–H and O–H groups in total. The van der Waals surface area contributed by atoms with Crippen LogP contribution in [0.3, 0.4) is 0 Å². The van der Waals surface area contributed by atoms with Crippen LogP contribution < -0.4 is 10.5 Å². The number of sulfonamides is 1. The van der Waals surface area contributed by atoms with E-state index in [9.17, 15) is 8.42 Å². The molecule has 20 heavy (non-hydrogen) atoms. The van der Waals surface area contributed by atoms with E-state index in [0.717, 1.165) is 11.1 Å². The number of anilines is 2. The Morgan fingerprint density at radius 3 is 2.55 bits per heavy atom. The fourth-order valence-corrected chi connectivity index (χ4v) is 3.41. The molecular weight excluding hydrogens is 274 g/mol. The first-order chi connectivity index (χ1) is 9.31. The average molecular weight is 291 g/mol. The number of hydrogen-bond donors (Lipinski definition) is 2. The minimum Gasteiger partial charge on any atom is -0.398 e. The van der Waals surface area contributed by atoms with E-state index >= 15 is 0 Å². The van der Waals surface area contributed by atoms with Crippen molar-refractivity contribution in [3.8, 4) is 0 Å². The second-order valence-corrected chi connectivity index (χ2v) is 6.42. The molecular formula is C14H17N3O2S. The first-order valence-corrected chi connectivity index (χ1v) is 7.60. The highest BCUT2D eigenvalue weighted by Crippen LogP contribution is 2.25. The van der Waals surface area contributed by atoms with Crippen molar-refractivity contribution < 1.29 is 8.42 Å². The highest BCUT2D eigenvalue weighted by atomic mass is 32.2. The lowest BCUT2D eigenvalue weighted by Gasteiger charge is -2.14. The van der Waals surface area contributed by atoms with Crippen LogP contribution in [0.5, 0.6) is 0 Å². The summed E-state index contributed by atoms with van der Waals surface area (Å²) in [7, 11) is -3.67. The molecule has 0 amide bonds. The van der Waals surface area contributed by atoms with Crippen molar-refractivity contribution in [2.45, 2.75) is 25.7 Å². The van der Waals surface area contributed by atoms with Crippen LogP contribution in [-0.4, -0.2) is 13.4 Å². The maximum absolute atomic E-state index is 12.5. The van der Waals surface area contributed by atoms with Crippen LogP contribution in [0.15, 0.2) is 35.5 Å². The highest BCUT2D eigenvalue weighted by Gasteiger charge is 2.19. The van der Waals surface area contributed by atoms with Gasteiger partial charge in [0.2, 0.25) is 0 Å². The van der Waals surface area contributed by atoms with Crippen molar-refractivity contribution in [2.75, 3.05) is 10.5 Å². The summed E-state index contributed by atoms with van der Waals surface area (Å²) in [6.45, 7) is 5.30. The number of rotatable bonds is 3. The van der Waals surface area contributed by atoms with Gasteiger partial charge in [0.05, 0.1) is 10.6 Å². The zero-order valence-electron chi connectivity index (χ0n) is 11.6. The van der Waals surface area contributed by atoms with Gasteiger partial charge in [-0.2, -0.15) is 0 Å². The lowest BCUT2D eigenvalue weighted by atomic mass is 10.1. The van der Waals surface area contributed by atoms with Gasteiger partial charge in [-0.1, -0.05) is 0 Å². The first-order valence-electron chi connectivity index (χ1n) is 6.11. The normalized spacial score (nSPS) is 11.3. The summed E-state index contributed by atoms with van der Waals surface area (Å²) < 4.78 is 27.6. The number of aryl methyl sites for hydroxylation is 2. The summed E-state index contributed by atoms with van der Waals surface area (Å²) >= 11 is 0. The van der Waals surface area contributed by atoms with Gasteiger partial charge in [0.25, 0.3) is 10.0 Å².